The fourth-order valence-corrected chi connectivity index (χ4v) is 4.14. The van der Waals surface area contributed by atoms with Crippen LogP contribution in [-0.4, -0.2) is 36.0 Å². The van der Waals surface area contributed by atoms with Gasteiger partial charge in [-0.05, 0) is 17.5 Å². The average Bonchev–Trinajstić information content (AvgIpc) is 3.20. The molecular weight excluding hydrogens is 346 g/mol. The van der Waals surface area contributed by atoms with Crippen molar-refractivity contribution < 1.29 is 8.42 Å². The van der Waals surface area contributed by atoms with Crippen molar-refractivity contribution in [1.29, 1.82) is 0 Å². The first kappa shape index (κ1) is 16.9. The molecule has 128 valence electrons. The molecule has 0 radical (unpaired) electrons. The Morgan fingerprint density at radius 2 is 2.08 bits per heavy atom. The number of aryl methyl sites for hydroxylation is 2. The van der Waals surface area contributed by atoms with E-state index in [1.165, 1.54) is 0 Å². The van der Waals surface area contributed by atoms with E-state index in [9.17, 15) is 8.42 Å². The summed E-state index contributed by atoms with van der Waals surface area (Å²) in [7, 11) is -1.70. The molecule has 0 bridgehead atoms. The summed E-state index contributed by atoms with van der Waals surface area (Å²) < 4.78 is 28.6. The molecule has 3 heterocycles. The lowest BCUT2D eigenvalue weighted by atomic mass is 10.3. The van der Waals surface area contributed by atoms with Gasteiger partial charge in [0.2, 0.25) is 10.0 Å². The lowest BCUT2D eigenvalue weighted by Gasteiger charge is -2.09. The van der Waals surface area contributed by atoms with Gasteiger partial charge in [0.25, 0.3) is 0 Å². The first-order valence-corrected chi connectivity index (χ1v) is 9.95. The number of hydrogen-bond acceptors (Lipinski definition) is 6. The second-order valence-electron chi connectivity index (χ2n) is 5.32. The van der Waals surface area contributed by atoms with Gasteiger partial charge >= 0.3 is 0 Å². The smallest absolute Gasteiger partial charge is 0.242 e. The van der Waals surface area contributed by atoms with Gasteiger partial charge in [-0.2, -0.15) is 0 Å². The van der Waals surface area contributed by atoms with Crippen molar-refractivity contribution in [3.63, 3.8) is 0 Å². The number of nitrogens with one attached hydrogen (secondary N) is 2. The minimum Gasteiger partial charge on any atom is -0.368 e. The third kappa shape index (κ3) is 3.58. The number of aromatic nitrogens is 3. The molecule has 0 fully saturated rings. The van der Waals surface area contributed by atoms with Crippen LogP contribution in [0.15, 0.2) is 34.8 Å². The van der Waals surface area contributed by atoms with Gasteiger partial charge in [-0.15, -0.1) is 11.3 Å². The Labute approximate surface area is 144 Å². The van der Waals surface area contributed by atoms with Crippen LogP contribution in [0.3, 0.4) is 0 Å². The highest BCUT2D eigenvalue weighted by Crippen LogP contribution is 2.25. The topological polar surface area (TPSA) is 88.9 Å². The molecule has 0 saturated carbocycles. The van der Waals surface area contributed by atoms with E-state index in [1.54, 1.807) is 41.4 Å². The first-order chi connectivity index (χ1) is 11.5. The second kappa shape index (κ2) is 6.88. The summed E-state index contributed by atoms with van der Waals surface area (Å²) in [4.78, 5) is 10.2. The van der Waals surface area contributed by atoms with Gasteiger partial charge in [-0.3, -0.25) is 0 Å². The number of sulfonamides is 1. The van der Waals surface area contributed by atoms with E-state index in [-0.39, 0.29) is 11.4 Å². The standard InChI is InChI=1S/C15H19N5O2S2/c1-3-13-18-14(12-5-9-23-15(12)19-13)16-6-7-17-24(21,22)11-4-8-20(2)10-11/h4-5,8-10,17H,3,6-7H2,1-2H3,(H,16,18,19). The van der Waals surface area contributed by atoms with E-state index >= 15 is 0 Å². The molecule has 24 heavy (non-hydrogen) atoms. The number of fused-ring (bicyclic) bond motifs is 1. The van der Waals surface area contributed by atoms with E-state index in [0.717, 1.165) is 28.3 Å². The summed E-state index contributed by atoms with van der Waals surface area (Å²) in [5.74, 6) is 1.52. The molecule has 3 aromatic rings. The highest BCUT2D eigenvalue weighted by atomic mass is 32.2. The first-order valence-electron chi connectivity index (χ1n) is 7.59. The summed E-state index contributed by atoms with van der Waals surface area (Å²) in [6.07, 6.45) is 4.03. The van der Waals surface area contributed by atoms with Gasteiger partial charge < -0.3 is 9.88 Å². The van der Waals surface area contributed by atoms with Gasteiger partial charge in [-0.25, -0.2) is 23.1 Å². The van der Waals surface area contributed by atoms with Crippen molar-refractivity contribution in [2.45, 2.75) is 18.2 Å². The maximum atomic E-state index is 12.2. The molecule has 9 heteroatoms. The van der Waals surface area contributed by atoms with Crippen LogP contribution in [0.1, 0.15) is 12.7 Å². The summed E-state index contributed by atoms with van der Waals surface area (Å²) in [6, 6.07) is 3.54. The van der Waals surface area contributed by atoms with E-state index in [2.05, 4.69) is 20.0 Å². The maximum absolute atomic E-state index is 12.2. The van der Waals surface area contributed by atoms with Gasteiger partial charge in [0.05, 0.1) is 10.3 Å². The predicted molar refractivity (Wildman–Crippen MR) is 95.9 cm³/mol. The third-order valence-corrected chi connectivity index (χ3v) is 5.77. The van der Waals surface area contributed by atoms with Gasteiger partial charge in [-0.1, -0.05) is 6.92 Å². The Kier molecular flexibility index (Phi) is 4.83. The molecule has 0 atom stereocenters. The van der Waals surface area contributed by atoms with E-state index in [1.807, 2.05) is 18.4 Å². The summed E-state index contributed by atoms with van der Waals surface area (Å²) in [6.45, 7) is 2.72. The minimum absolute atomic E-state index is 0.264. The summed E-state index contributed by atoms with van der Waals surface area (Å²) >= 11 is 1.57. The number of nitrogens with zero attached hydrogens (tertiary/aromatic N) is 3. The summed E-state index contributed by atoms with van der Waals surface area (Å²) in [5, 5.41) is 6.14. The highest BCUT2D eigenvalue weighted by Gasteiger charge is 2.14. The quantitative estimate of drug-likeness (QED) is 0.625. The molecule has 0 saturated heterocycles. The van der Waals surface area contributed by atoms with Crippen LogP contribution < -0.4 is 10.0 Å². The molecule has 0 amide bonds. The van der Waals surface area contributed by atoms with E-state index < -0.39 is 10.0 Å². The zero-order chi connectivity index (χ0) is 17.2. The minimum atomic E-state index is -3.48. The fourth-order valence-electron chi connectivity index (χ4n) is 2.28. The Morgan fingerprint density at radius 1 is 1.25 bits per heavy atom. The van der Waals surface area contributed by atoms with Crippen LogP contribution in [0.5, 0.6) is 0 Å². The van der Waals surface area contributed by atoms with Crippen LogP contribution >= 0.6 is 11.3 Å². The van der Waals surface area contributed by atoms with Gasteiger partial charge in [0, 0.05) is 39.0 Å². The number of thiophene rings is 1. The monoisotopic (exact) mass is 365 g/mol. The molecule has 3 aromatic heterocycles. The van der Waals surface area contributed by atoms with E-state index in [0.29, 0.717) is 6.54 Å². The molecule has 0 aliphatic heterocycles. The van der Waals surface area contributed by atoms with Gasteiger partial charge in [0.15, 0.2) is 0 Å². The Balaban J connectivity index is 1.64. The van der Waals surface area contributed by atoms with Crippen LogP contribution in [0.4, 0.5) is 5.82 Å². The van der Waals surface area contributed by atoms with Crippen molar-refractivity contribution >= 4 is 37.4 Å². The maximum Gasteiger partial charge on any atom is 0.242 e. The molecule has 0 aromatic carbocycles. The SMILES string of the molecule is CCc1nc(NCCNS(=O)(=O)c2ccn(C)c2)c2ccsc2n1. The Morgan fingerprint density at radius 3 is 2.79 bits per heavy atom. The number of rotatable bonds is 7. The van der Waals surface area contributed by atoms with Crippen molar-refractivity contribution in [3.05, 3.63) is 35.7 Å². The molecule has 0 aliphatic rings. The lowest BCUT2D eigenvalue weighted by molar-refractivity contribution is 0.582. The molecule has 0 aliphatic carbocycles. The molecule has 0 unspecified atom stereocenters. The zero-order valence-corrected chi connectivity index (χ0v) is 15.1. The number of anilines is 1. The molecule has 7 nitrogen and oxygen atoms in total. The van der Waals surface area contributed by atoms with Crippen molar-refractivity contribution in [2.75, 3.05) is 18.4 Å². The zero-order valence-electron chi connectivity index (χ0n) is 13.5. The van der Waals surface area contributed by atoms with Gasteiger partial charge in [0.1, 0.15) is 16.5 Å². The molecule has 0 spiro atoms. The Bertz CT molecular complexity index is 946. The second-order valence-corrected chi connectivity index (χ2v) is 7.98. The largest absolute Gasteiger partial charge is 0.368 e. The Hall–Kier alpha value is -1.97. The number of hydrogen-bond donors (Lipinski definition) is 2. The van der Waals surface area contributed by atoms with Crippen LogP contribution in [0.25, 0.3) is 10.2 Å². The lowest BCUT2D eigenvalue weighted by Crippen LogP contribution is -2.29. The van der Waals surface area contributed by atoms with Crippen LogP contribution in [0.2, 0.25) is 0 Å². The van der Waals surface area contributed by atoms with Crippen molar-refractivity contribution in [1.82, 2.24) is 19.3 Å². The molecule has 3 rings (SSSR count). The fraction of sp³-hybridized carbons (Fsp3) is 0.333. The van der Waals surface area contributed by atoms with Crippen molar-refractivity contribution in [2.24, 2.45) is 7.05 Å². The normalized spacial score (nSPS) is 11.9. The summed E-state index contributed by atoms with van der Waals surface area (Å²) in [5.41, 5.74) is 0. The van der Waals surface area contributed by atoms with Crippen LogP contribution in [0, 0.1) is 0 Å². The predicted octanol–water partition coefficient (Wildman–Crippen LogP) is 1.98. The average molecular weight is 365 g/mol. The molecular formula is C15H19N5O2S2. The van der Waals surface area contributed by atoms with Crippen molar-refractivity contribution in [3.8, 4) is 0 Å². The highest BCUT2D eigenvalue weighted by molar-refractivity contribution is 7.89. The third-order valence-electron chi connectivity index (χ3n) is 3.51. The van der Waals surface area contributed by atoms with E-state index in [4.69, 9.17) is 0 Å². The molecule has 2 N–H and O–H groups in total. The van der Waals surface area contributed by atoms with Crippen LogP contribution in [-0.2, 0) is 23.5 Å².